The molecule has 1 aliphatic rings. The van der Waals surface area contributed by atoms with Crippen molar-refractivity contribution in [1.29, 1.82) is 5.26 Å². The first-order valence-corrected chi connectivity index (χ1v) is 8.78. The van der Waals surface area contributed by atoms with E-state index in [-0.39, 0.29) is 4.90 Å². The third-order valence-corrected chi connectivity index (χ3v) is 5.76. The molecule has 0 unspecified atom stereocenters. The van der Waals surface area contributed by atoms with Crippen LogP contribution in [0.4, 0.5) is 0 Å². The van der Waals surface area contributed by atoms with E-state index in [1.54, 1.807) is 19.1 Å². The number of hydrogen-bond acceptors (Lipinski definition) is 6. The molecule has 2 aromatic rings. The molecule has 0 spiro atoms. The summed E-state index contributed by atoms with van der Waals surface area (Å²) in [6.07, 6.45) is 2.32. The maximum Gasteiger partial charge on any atom is 0.245 e. The average Bonchev–Trinajstić information content (AvgIpc) is 3.01. The van der Waals surface area contributed by atoms with E-state index in [9.17, 15) is 8.42 Å². The standard InChI is InChI=1S/C15H16N4O3S/c1-11-17-15(22-18-11)14-7-2-3-8-19(14)23(20,21)13-6-4-5-12(9-13)10-16/h4-6,9,14H,2-3,7-8H2,1H3/t14-/m0/s1. The van der Waals surface area contributed by atoms with Gasteiger partial charge in [0.25, 0.3) is 0 Å². The van der Waals surface area contributed by atoms with Gasteiger partial charge in [0.1, 0.15) is 6.04 Å². The molecule has 0 N–H and O–H groups in total. The summed E-state index contributed by atoms with van der Waals surface area (Å²) < 4.78 is 32.5. The molecule has 1 aromatic heterocycles. The Balaban J connectivity index is 2.00. The van der Waals surface area contributed by atoms with Gasteiger partial charge in [-0.15, -0.1) is 0 Å². The normalized spacial score (nSPS) is 19.4. The molecule has 120 valence electrons. The van der Waals surface area contributed by atoms with E-state index >= 15 is 0 Å². The van der Waals surface area contributed by atoms with Crippen molar-refractivity contribution >= 4 is 10.0 Å². The van der Waals surface area contributed by atoms with E-state index in [0.717, 1.165) is 12.8 Å². The van der Waals surface area contributed by atoms with E-state index < -0.39 is 16.1 Å². The summed E-state index contributed by atoms with van der Waals surface area (Å²) in [5.74, 6) is 0.802. The molecule has 1 aliphatic heterocycles. The van der Waals surface area contributed by atoms with Crippen LogP contribution in [0, 0.1) is 18.3 Å². The van der Waals surface area contributed by atoms with Gasteiger partial charge in [-0.25, -0.2) is 8.42 Å². The Bertz CT molecular complexity index is 854. The minimum atomic E-state index is -3.73. The zero-order chi connectivity index (χ0) is 16.4. The van der Waals surface area contributed by atoms with Gasteiger partial charge in [0.05, 0.1) is 16.5 Å². The Morgan fingerprint density at radius 2 is 2.22 bits per heavy atom. The lowest BCUT2D eigenvalue weighted by Gasteiger charge is -2.32. The molecule has 0 aliphatic carbocycles. The number of aryl methyl sites for hydroxylation is 1. The lowest BCUT2D eigenvalue weighted by molar-refractivity contribution is 0.204. The molecule has 23 heavy (non-hydrogen) atoms. The van der Waals surface area contributed by atoms with Gasteiger partial charge >= 0.3 is 0 Å². The molecule has 8 heteroatoms. The first kappa shape index (κ1) is 15.6. The minimum Gasteiger partial charge on any atom is -0.338 e. The zero-order valence-electron chi connectivity index (χ0n) is 12.6. The summed E-state index contributed by atoms with van der Waals surface area (Å²) in [7, 11) is -3.73. The number of hydrogen-bond donors (Lipinski definition) is 0. The van der Waals surface area contributed by atoms with Gasteiger partial charge in [0, 0.05) is 6.54 Å². The molecule has 1 saturated heterocycles. The highest BCUT2D eigenvalue weighted by molar-refractivity contribution is 7.89. The fourth-order valence-electron chi connectivity index (χ4n) is 2.75. The highest BCUT2D eigenvalue weighted by Crippen LogP contribution is 2.34. The summed E-state index contributed by atoms with van der Waals surface area (Å²) in [5.41, 5.74) is 0.313. The van der Waals surface area contributed by atoms with Crippen molar-refractivity contribution in [1.82, 2.24) is 14.4 Å². The van der Waals surface area contributed by atoms with Crippen molar-refractivity contribution < 1.29 is 12.9 Å². The Kier molecular flexibility index (Phi) is 4.15. The van der Waals surface area contributed by atoms with Crippen molar-refractivity contribution in [2.75, 3.05) is 6.54 Å². The molecule has 0 saturated carbocycles. The second-order valence-corrected chi connectivity index (χ2v) is 7.34. The van der Waals surface area contributed by atoms with Crippen LogP contribution in [0.1, 0.15) is 42.6 Å². The summed E-state index contributed by atoms with van der Waals surface area (Å²) in [5, 5.41) is 12.7. The van der Waals surface area contributed by atoms with Gasteiger partial charge < -0.3 is 4.52 Å². The van der Waals surface area contributed by atoms with Crippen LogP contribution in [0.25, 0.3) is 0 Å². The van der Waals surface area contributed by atoms with Gasteiger partial charge in [-0.1, -0.05) is 17.6 Å². The number of sulfonamides is 1. The molecule has 1 aromatic carbocycles. The second-order valence-electron chi connectivity index (χ2n) is 5.45. The lowest BCUT2D eigenvalue weighted by Crippen LogP contribution is -2.38. The third-order valence-electron chi connectivity index (χ3n) is 3.85. The number of piperidine rings is 1. The average molecular weight is 332 g/mol. The van der Waals surface area contributed by atoms with Crippen LogP contribution in [0.15, 0.2) is 33.7 Å². The first-order valence-electron chi connectivity index (χ1n) is 7.34. The van der Waals surface area contributed by atoms with Crippen molar-refractivity contribution in [3.05, 3.63) is 41.5 Å². The van der Waals surface area contributed by atoms with E-state index in [2.05, 4.69) is 10.1 Å². The fraction of sp³-hybridized carbons (Fsp3) is 0.400. The molecule has 0 radical (unpaired) electrons. The van der Waals surface area contributed by atoms with E-state index in [1.807, 2.05) is 6.07 Å². The van der Waals surface area contributed by atoms with Crippen LogP contribution in [0.5, 0.6) is 0 Å². The highest BCUT2D eigenvalue weighted by Gasteiger charge is 2.37. The number of nitriles is 1. The summed E-state index contributed by atoms with van der Waals surface area (Å²) >= 11 is 0. The largest absolute Gasteiger partial charge is 0.338 e. The number of nitrogens with zero attached hydrogens (tertiary/aromatic N) is 4. The smallest absolute Gasteiger partial charge is 0.245 e. The maximum absolute atomic E-state index is 13.0. The van der Waals surface area contributed by atoms with Gasteiger partial charge in [-0.3, -0.25) is 0 Å². The SMILES string of the molecule is Cc1noc([C@@H]2CCCCN2S(=O)(=O)c2cccc(C#N)c2)n1. The van der Waals surface area contributed by atoms with Crippen LogP contribution in [0.3, 0.4) is 0 Å². The molecule has 1 atom stereocenters. The Labute approximate surface area is 134 Å². The van der Waals surface area contributed by atoms with Crippen molar-refractivity contribution in [2.45, 2.75) is 37.1 Å². The van der Waals surface area contributed by atoms with Crippen molar-refractivity contribution in [3.63, 3.8) is 0 Å². The molecular weight excluding hydrogens is 316 g/mol. The predicted octanol–water partition coefficient (Wildman–Crippen LogP) is 2.17. The Hall–Kier alpha value is -2.24. The van der Waals surface area contributed by atoms with Crippen LogP contribution in [-0.4, -0.2) is 29.4 Å². The van der Waals surface area contributed by atoms with Gasteiger partial charge in [-0.2, -0.15) is 14.6 Å². The van der Waals surface area contributed by atoms with Crippen LogP contribution in [0.2, 0.25) is 0 Å². The Morgan fingerprint density at radius 1 is 1.39 bits per heavy atom. The topological polar surface area (TPSA) is 100 Å². The highest BCUT2D eigenvalue weighted by atomic mass is 32.2. The summed E-state index contributed by atoms with van der Waals surface area (Å²) in [4.78, 5) is 4.30. The lowest BCUT2D eigenvalue weighted by atomic mass is 10.1. The maximum atomic E-state index is 13.0. The molecule has 0 amide bonds. The molecule has 3 rings (SSSR count). The van der Waals surface area contributed by atoms with Gasteiger partial charge in [0.2, 0.25) is 15.9 Å². The van der Waals surface area contributed by atoms with Crippen LogP contribution >= 0.6 is 0 Å². The third kappa shape index (κ3) is 2.98. The van der Waals surface area contributed by atoms with Crippen LogP contribution < -0.4 is 0 Å². The van der Waals surface area contributed by atoms with E-state index in [0.29, 0.717) is 30.2 Å². The quantitative estimate of drug-likeness (QED) is 0.854. The van der Waals surface area contributed by atoms with E-state index in [4.69, 9.17) is 9.78 Å². The van der Waals surface area contributed by atoms with Crippen LogP contribution in [-0.2, 0) is 10.0 Å². The van der Waals surface area contributed by atoms with Crippen molar-refractivity contribution in [2.24, 2.45) is 0 Å². The second kappa shape index (κ2) is 6.10. The molecule has 0 bridgehead atoms. The minimum absolute atomic E-state index is 0.111. The first-order chi connectivity index (χ1) is 11.0. The van der Waals surface area contributed by atoms with Crippen molar-refractivity contribution in [3.8, 4) is 6.07 Å². The summed E-state index contributed by atoms with van der Waals surface area (Å²) in [6, 6.07) is 7.55. The monoisotopic (exact) mass is 332 g/mol. The fourth-order valence-corrected chi connectivity index (χ4v) is 4.45. The zero-order valence-corrected chi connectivity index (χ0v) is 13.5. The Morgan fingerprint density at radius 3 is 2.91 bits per heavy atom. The van der Waals surface area contributed by atoms with E-state index in [1.165, 1.54) is 16.4 Å². The predicted molar refractivity (Wildman–Crippen MR) is 80.7 cm³/mol. The van der Waals surface area contributed by atoms with Gasteiger partial charge in [0.15, 0.2) is 5.82 Å². The molecule has 1 fully saturated rings. The molecule has 2 heterocycles. The summed E-state index contributed by atoms with van der Waals surface area (Å²) in [6.45, 7) is 2.09. The number of aromatic nitrogens is 2. The molecule has 7 nitrogen and oxygen atoms in total. The molecular formula is C15H16N4O3S. The van der Waals surface area contributed by atoms with Gasteiger partial charge in [-0.05, 0) is 38.0 Å². The number of benzene rings is 1. The number of rotatable bonds is 3.